The third-order valence-electron chi connectivity index (χ3n) is 6.45. The summed E-state index contributed by atoms with van der Waals surface area (Å²) in [5.41, 5.74) is 6.59. The molecule has 1 fully saturated rings. The van der Waals surface area contributed by atoms with Gasteiger partial charge in [-0.1, -0.05) is 6.07 Å². The van der Waals surface area contributed by atoms with E-state index in [9.17, 15) is 4.79 Å². The van der Waals surface area contributed by atoms with Gasteiger partial charge in [-0.2, -0.15) is 0 Å². The number of carbonyl (C=O) groups excluding carboxylic acids is 1. The predicted molar refractivity (Wildman–Crippen MR) is 148 cm³/mol. The largest absolute Gasteiger partial charge is 0.375 e. The van der Waals surface area contributed by atoms with E-state index in [4.69, 9.17) is 17.0 Å². The first kappa shape index (κ1) is 24.6. The Morgan fingerprint density at radius 3 is 2.65 bits per heavy atom. The number of ether oxygens (including phenoxy) is 1. The average molecular weight is 513 g/mol. The van der Waals surface area contributed by atoms with Gasteiger partial charge in [-0.05, 0) is 86.2 Å². The highest BCUT2D eigenvalue weighted by molar-refractivity contribution is 7.80. The number of rotatable bonds is 7. The topological polar surface area (TPSA) is 84.3 Å². The van der Waals surface area contributed by atoms with Crippen molar-refractivity contribution >= 4 is 34.6 Å². The number of hydrogen-bond acceptors (Lipinski definition) is 5. The summed E-state index contributed by atoms with van der Waals surface area (Å²) in [7, 11) is 1.50. The maximum absolute atomic E-state index is 12.1. The van der Waals surface area contributed by atoms with E-state index < -0.39 is 0 Å². The fourth-order valence-corrected chi connectivity index (χ4v) is 5.16. The van der Waals surface area contributed by atoms with Gasteiger partial charge in [0.25, 0.3) is 0 Å². The molecule has 0 bridgehead atoms. The van der Waals surface area contributed by atoms with E-state index in [1.165, 1.54) is 7.11 Å². The van der Waals surface area contributed by atoms with Gasteiger partial charge in [0.15, 0.2) is 5.11 Å². The van der Waals surface area contributed by atoms with E-state index in [2.05, 4.69) is 49.1 Å². The van der Waals surface area contributed by atoms with Crippen LogP contribution in [0.25, 0.3) is 5.69 Å². The maximum atomic E-state index is 12.1. The van der Waals surface area contributed by atoms with Crippen LogP contribution in [-0.4, -0.2) is 39.3 Å². The van der Waals surface area contributed by atoms with Crippen LogP contribution in [-0.2, 0) is 9.53 Å². The van der Waals surface area contributed by atoms with Crippen molar-refractivity contribution in [3.05, 3.63) is 102 Å². The third-order valence-corrected chi connectivity index (χ3v) is 6.76. The van der Waals surface area contributed by atoms with Crippen molar-refractivity contribution in [1.82, 2.24) is 19.9 Å². The van der Waals surface area contributed by atoms with Crippen LogP contribution in [0.5, 0.6) is 0 Å². The number of aryl methyl sites for hydroxylation is 2. The van der Waals surface area contributed by atoms with E-state index in [-0.39, 0.29) is 24.6 Å². The van der Waals surface area contributed by atoms with Crippen molar-refractivity contribution in [1.29, 1.82) is 0 Å². The van der Waals surface area contributed by atoms with Crippen molar-refractivity contribution in [3.63, 3.8) is 0 Å². The number of carbonyl (C=O) groups is 1. The molecular weight excluding hydrogens is 484 g/mol. The Kier molecular flexibility index (Phi) is 6.98. The zero-order chi connectivity index (χ0) is 25.9. The first-order valence-corrected chi connectivity index (χ1v) is 12.4. The van der Waals surface area contributed by atoms with Crippen LogP contribution in [0.15, 0.2) is 79.3 Å². The number of hydrogen-bond donors (Lipinski definition) is 2. The van der Waals surface area contributed by atoms with Gasteiger partial charge in [-0.3, -0.25) is 14.8 Å². The molecular formula is C28H28N6O2S. The minimum Gasteiger partial charge on any atom is -0.375 e. The fraction of sp³-hybridized carbons (Fsp3) is 0.214. The molecule has 4 aromatic rings. The molecule has 9 heteroatoms. The van der Waals surface area contributed by atoms with Crippen molar-refractivity contribution in [3.8, 4) is 5.69 Å². The van der Waals surface area contributed by atoms with Crippen LogP contribution in [0.2, 0.25) is 0 Å². The SMILES string of the molecule is COCC(=O)Nc1ccc(N2C(=S)N[C@H](c3ccccn3)[C@@H]2c2ccc(C)n2-c2cccnc2)cc1C. The number of nitrogens with zero attached hydrogens (tertiary/aromatic N) is 4. The molecule has 0 unspecified atom stereocenters. The van der Waals surface area contributed by atoms with Crippen molar-refractivity contribution in [2.24, 2.45) is 0 Å². The van der Waals surface area contributed by atoms with Crippen molar-refractivity contribution in [2.45, 2.75) is 25.9 Å². The molecule has 1 aliphatic heterocycles. The lowest BCUT2D eigenvalue weighted by molar-refractivity contribution is -0.119. The summed E-state index contributed by atoms with van der Waals surface area (Å²) >= 11 is 5.90. The lowest BCUT2D eigenvalue weighted by Crippen LogP contribution is -2.30. The van der Waals surface area contributed by atoms with Gasteiger partial charge < -0.3 is 24.8 Å². The molecule has 1 saturated heterocycles. The molecule has 0 spiro atoms. The standard InChI is InChI=1S/C28H28N6O2S/c1-18-15-20(10-11-22(18)31-25(35)17-36-3)34-27(26(32-28(34)37)23-8-4-5-14-30-23)24-12-9-19(2)33(24)21-7-6-13-29-16-21/h4-16,26-27H,17H2,1-3H3,(H,31,35)(H,32,37)/t26-,27+/m1/s1. The molecule has 8 nitrogen and oxygen atoms in total. The highest BCUT2D eigenvalue weighted by atomic mass is 32.1. The second kappa shape index (κ2) is 10.5. The maximum Gasteiger partial charge on any atom is 0.250 e. The van der Waals surface area contributed by atoms with Crippen LogP contribution in [0.3, 0.4) is 0 Å². The lowest BCUT2D eigenvalue weighted by Gasteiger charge is -2.29. The summed E-state index contributed by atoms with van der Waals surface area (Å²) in [6.07, 6.45) is 5.43. The second-order valence-electron chi connectivity index (χ2n) is 8.92. The average Bonchev–Trinajstić information content (AvgIpc) is 3.45. The Labute approximate surface area is 221 Å². The highest BCUT2D eigenvalue weighted by Gasteiger charge is 2.42. The molecule has 1 aromatic carbocycles. The summed E-state index contributed by atoms with van der Waals surface area (Å²) < 4.78 is 7.15. The summed E-state index contributed by atoms with van der Waals surface area (Å²) in [5, 5.41) is 7.02. The van der Waals surface area contributed by atoms with Gasteiger partial charge in [0.05, 0.1) is 23.6 Å². The van der Waals surface area contributed by atoms with Crippen LogP contribution >= 0.6 is 12.2 Å². The van der Waals surface area contributed by atoms with Gasteiger partial charge in [0.1, 0.15) is 12.6 Å². The number of anilines is 2. The van der Waals surface area contributed by atoms with Gasteiger partial charge >= 0.3 is 0 Å². The molecule has 3 aromatic heterocycles. The molecule has 188 valence electrons. The minimum absolute atomic E-state index is 0.000163. The van der Waals surface area contributed by atoms with Gasteiger partial charge in [-0.15, -0.1) is 0 Å². The summed E-state index contributed by atoms with van der Waals surface area (Å²) in [6, 6.07) is 19.7. The van der Waals surface area contributed by atoms with Crippen molar-refractivity contribution < 1.29 is 9.53 Å². The smallest absolute Gasteiger partial charge is 0.250 e. The molecule has 1 amide bonds. The van der Waals surface area contributed by atoms with E-state index in [0.29, 0.717) is 5.11 Å². The normalized spacial score (nSPS) is 17.1. The molecule has 0 radical (unpaired) electrons. The van der Waals surface area contributed by atoms with E-state index in [1.807, 2.05) is 61.7 Å². The van der Waals surface area contributed by atoms with Crippen LogP contribution in [0.1, 0.15) is 34.7 Å². The fourth-order valence-electron chi connectivity index (χ4n) is 4.82. The Morgan fingerprint density at radius 2 is 1.95 bits per heavy atom. The Hall–Kier alpha value is -4.08. The molecule has 1 aliphatic rings. The first-order valence-electron chi connectivity index (χ1n) is 12.0. The Bertz CT molecular complexity index is 1420. The summed E-state index contributed by atoms with van der Waals surface area (Å²) in [4.78, 5) is 23.2. The van der Waals surface area contributed by atoms with E-state index in [0.717, 1.165) is 39.7 Å². The molecule has 4 heterocycles. The van der Waals surface area contributed by atoms with Gasteiger partial charge in [-0.25, -0.2) is 0 Å². The molecule has 5 rings (SSSR count). The number of benzene rings is 1. The molecule has 0 saturated carbocycles. The predicted octanol–water partition coefficient (Wildman–Crippen LogP) is 4.65. The molecule has 37 heavy (non-hydrogen) atoms. The summed E-state index contributed by atoms with van der Waals surface area (Å²) in [6.45, 7) is 4.05. The number of aromatic nitrogens is 3. The van der Waals surface area contributed by atoms with Crippen LogP contribution in [0, 0.1) is 13.8 Å². The number of pyridine rings is 2. The first-order chi connectivity index (χ1) is 18.0. The molecule has 2 N–H and O–H groups in total. The van der Waals surface area contributed by atoms with Crippen LogP contribution < -0.4 is 15.5 Å². The number of nitrogens with one attached hydrogen (secondary N) is 2. The summed E-state index contributed by atoms with van der Waals surface area (Å²) in [5.74, 6) is -0.199. The third kappa shape index (κ3) is 4.83. The zero-order valence-electron chi connectivity index (χ0n) is 20.9. The van der Waals surface area contributed by atoms with Gasteiger partial charge in [0, 0.05) is 42.3 Å². The number of amides is 1. The molecule has 0 aliphatic carbocycles. The number of methoxy groups -OCH3 is 1. The minimum atomic E-state index is -0.199. The van der Waals surface area contributed by atoms with Crippen LogP contribution in [0.4, 0.5) is 11.4 Å². The van der Waals surface area contributed by atoms with E-state index >= 15 is 0 Å². The molecule has 2 atom stereocenters. The quantitative estimate of drug-likeness (QED) is 0.349. The number of thiocarbonyl (C=S) groups is 1. The van der Waals surface area contributed by atoms with Crippen molar-refractivity contribution in [2.75, 3.05) is 23.9 Å². The zero-order valence-corrected chi connectivity index (χ0v) is 21.7. The monoisotopic (exact) mass is 512 g/mol. The lowest BCUT2D eigenvalue weighted by atomic mass is 10.0. The van der Waals surface area contributed by atoms with E-state index in [1.54, 1.807) is 12.4 Å². The Morgan fingerprint density at radius 1 is 1.08 bits per heavy atom. The highest BCUT2D eigenvalue weighted by Crippen LogP contribution is 2.43. The second-order valence-corrected chi connectivity index (χ2v) is 9.31. The van der Waals surface area contributed by atoms with Gasteiger partial charge in [0.2, 0.25) is 5.91 Å². The Balaban J connectivity index is 1.61.